The fourth-order valence-corrected chi connectivity index (χ4v) is 1.65. The first-order chi connectivity index (χ1) is 6.50. The molecule has 1 aromatic rings. The number of amides is 1. The van der Waals surface area contributed by atoms with Crippen molar-refractivity contribution in [3.8, 4) is 0 Å². The van der Waals surface area contributed by atoms with E-state index in [4.69, 9.17) is 0 Å². The lowest BCUT2D eigenvalue weighted by molar-refractivity contribution is 0.0797. The van der Waals surface area contributed by atoms with Crippen LogP contribution in [0.4, 0.5) is 0 Å². The first kappa shape index (κ1) is 11.2. The Labute approximate surface area is 92.0 Å². The third kappa shape index (κ3) is 2.83. The summed E-state index contributed by atoms with van der Waals surface area (Å²) in [7, 11) is 3.58. The predicted molar refractivity (Wildman–Crippen MR) is 58.6 cm³/mol. The summed E-state index contributed by atoms with van der Waals surface area (Å²) in [5.74, 6) is 0.00407. The van der Waals surface area contributed by atoms with Crippen molar-refractivity contribution in [2.75, 3.05) is 13.6 Å². The van der Waals surface area contributed by atoms with Crippen molar-refractivity contribution in [3.63, 3.8) is 0 Å². The number of nitrogens with zero attached hydrogens (tertiary/aromatic N) is 3. The van der Waals surface area contributed by atoms with Crippen LogP contribution in [0.1, 0.15) is 17.3 Å². The number of rotatable bonds is 3. The van der Waals surface area contributed by atoms with Gasteiger partial charge in [0.25, 0.3) is 5.91 Å². The molecular formula is C9H14BrN3O. The summed E-state index contributed by atoms with van der Waals surface area (Å²) < 4.78 is 1.62. The first-order valence-corrected chi connectivity index (χ1v) is 5.30. The second-order valence-electron chi connectivity index (χ2n) is 3.37. The van der Waals surface area contributed by atoms with Crippen LogP contribution in [0.15, 0.2) is 12.4 Å². The number of aryl methyl sites for hydroxylation is 1. The lowest BCUT2D eigenvalue weighted by Gasteiger charge is -2.17. The zero-order chi connectivity index (χ0) is 10.7. The maximum atomic E-state index is 11.7. The molecule has 1 heterocycles. The van der Waals surface area contributed by atoms with E-state index < -0.39 is 0 Å². The minimum absolute atomic E-state index is 0.00407. The standard InChI is InChI=1S/C9H14BrN3O/c1-7(10)5-12(2)9(14)8-4-11-13(3)6-8/h4,6-7H,5H2,1-3H3. The Balaban J connectivity index is 2.65. The first-order valence-electron chi connectivity index (χ1n) is 4.39. The topological polar surface area (TPSA) is 38.1 Å². The van der Waals surface area contributed by atoms with E-state index in [0.717, 1.165) is 0 Å². The van der Waals surface area contributed by atoms with Gasteiger partial charge in [0, 0.05) is 31.7 Å². The molecule has 0 aliphatic carbocycles. The van der Waals surface area contributed by atoms with Gasteiger partial charge in [0.1, 0.15) is 0 Å². The largest absolute Gasteiger partial charge is 0.341 e. The van der Waals surface area contributed by atoms with Gasteiger partial charge in [-0.3, -0.25) is 9.48 Å². The molecule has 0 fully saturated rings. The number of carbonyl (C=O) groups is 1. The van der Waals surface area contributed by atoms with E-state index >= 15 is 0 Å². The summed E-state index contributed by atoms with van der Waals surface area (Å²) in [4.78, 5) is 13.7. The number of carbonyl (C=O) groups excluding carboxylic acids is 1. The molecule has 5 heteroatoms. The average Bonchev–Trinajstić information content (AvgIpc) is 2.49. The Morgan fingerprint density at radius 1 is 1.79 bits per heavy atom. The highest BCUT2D eigenvalue weighted by atomic mass is 79.9. The number of aromatic nitrogens is 2. The maximum Gasteiger partial charge on any atom is 0.256 e. The smallest absolute Gasteiger partial charge is 0.256 e. The lowest BCUT2D eigenvalue weighted by Crippen LogP contribution is -2.30. The van der Waals surface area contributed by atoms with E-state index in [-0.39, 0.29) is 5.91 Å². The molecule has 78 valence electrons. The highest BCUT2D eigenvalue weighted by Crippen LogP contribution is 2.05. The average molecular weight is 260 g/mol. The van der Waals surface area contributed by atoms with E-state index in [1.54, 1.807) is 36.1 Å². The number of hydrogen-bond donors (Lipinski definition) is 0. The molecule has 1 atom stereocenters. The Bertz CT molecular complexity index is 322. The van der Waals surface area contributed by atoms with Crippen molar-refractivity contribution in [3.05, 3.63) is 18.0 Å². The minimum Gasteiger partial charge on any atom is -0.341 e. The molecule has 0 bridgehead atoms. The summed E-state index contributed by atoms with van der Waals surface area (Å²) >= 11 is 3.41. The minimum atomic E-state index is 0.00407. The van der Waals surface area contributed by atoms with Crippen molar-refractivity contribution in [2.24, 2.45) is 7.05 Å². The van der Waals surface area contributed by atoms with E-state index in [1.807, 2.05) is 6.92 Å². The van der Waals surface area contributed by atoms with Crippen molar-refractivity contribution in [1.29, 1.82) is 0 Å². The predicted octanol–water partition coefficient (Wildman–Crippen LogP) is 1.28. The molecule has 0 saturated carbocycles. The number of alkyl halides is 1. The third-order valence-corrected chi connectivity index (χ3v) is 2.11. The van der Waals surface area contributed by atoms with Crippen LogP contribution in [0.25, 0.3) is 0 Å². The number of halogens is 1. The monoisotopic (exact) mass is 259 g/mol. The van der Waals surface area contributed by atoms with Gasteiger partial charge in [-0.15, -0.1) is 0 Å². The van der Waals surface area contributed by atoms with Crippen LogP contribution < -0.4 is 0 Å². The highest BCUT2D eigenvalue weighted by Gasteiger charge is 2.14. The molecule has 0 radical (unpaired) electrons. The molecule has 0 N–H and O–H groups in total. The summed E-state index contributed by atoms with van der Waals surface area (Å²) in [5.41, 5.74) is 0.628. The van der Waals surface area contributed by atoms with Crippen LogP contribution in [0.2, 0.25) is 0 Å². The van der Waals surface area contributed by atoms with Gasteiger partial charge in [-0.25, -0.2) is 0 Å². The Morgan fingerprint density at radius 3 is 2.86 bits per heavy atom. The molecule has 0 aliphatic heterocycles. The van der Waals surface area contributed by atoms with Gasteiger partial charge in [-0.1, -0.05) is 22.9 Å². The van der Waals surface area contributed by atoms with Crippen molar-refractivity contribution in [2.45, 2.75) is 11.8 Å². The van der Waals surface area contributed by atoms with Crippen LogP contribution in [0.3, 0.4) is 0 Å². The fraction of sp³-hybridized carbons (Fsp3) is 0.556. The van der Waals surface area contributed by atoms with Crippen LogP contribution in [-0.4, -0.2) is 39.0 Å². The van der Waals surface area contributed by atoms with Crippen molar-refractivity contribution >= 4 is 21.8 Å². The zero-order valence-corrected chi connectivity index (χ0v) is 10.2. The zero-order valence-electron chi connectivity index (χ0n) is 8.57. The summed E-state index contributed by atoms with van der Waals surface area (Å²) in [6, 6.07) is 0. The normalized spacial score (nSPS) is 12.6. The van der Waals surface area contributed by atoms with Crippen LogP contribution >= 0.6 is 15.9 Å². The summed E-state index contributed by atoms with van der Waals surface area (Å²) in [6.07, 6.45) is 3.30. The van der Waals surface area contributed by atoms with Crippen molar-refractivity contribution in [1.82, 2.24) is 14.7 Å². The van der Waals surface area contributed by atoms with Gasteiger partial charge in [0.15, 0.2) is 0 Å². The van der Waals surface area contributed by atoms with E-state index in [9.17, 15) is 4.79 Å². The van der Waals surface area contributed by atoms with Crippen molar-refractivity contribution < 1.29 is 4.79 Å². The molecule has 0 saturated heterocycles. The number of hydrogen-bond acceptors (Lipinski definition) is 2. The molecule has 1 aromatic heterocycles. The molecule has 4 nitrogen and oxygen atoms in total. The quantitative estimate of drug-likeness (QED) is 0.768. The van der Waals surface area contributed by atoms with Gasteiger partial charge in [0.2, 0.25) is 0 Å². The Morgan fingerprint density at radius 2 is 2.43 bits per heavy atom. The molecule has 0 spiro atoms. The van der Waals surface area contributed by atoms with Gasteiger partial charge < -0.3 is 4.90 Å². The molecule has 1 unspecified atom stereocenters. The fourth-order valence-electron chi connectivity index (χ4n) is 1.21. The second kappa shape index (κ2) is 4.59. The van der Waals surface area contributed by atoms with Gasteiger partial charge in [-0.05, 0) is 0 Å². The van der Waals surface area contributed by atoms with E-state index in [2.05, 4.69) is 21.0 Å². The van der Waals surface area contributed by atoms with Crippen LogP contribution in [-0.2, 0) is 7.05 Å². The SMILES string of the molecule is CC(Br)CN(C)C(=O)c1cnn(C)c1. The van der Waals surface area contributed by atoms with Crippen LogP contribution in [0, 0.1) is 0 Å². The van der Waals surface area contributed by atoms with E-state index in [0.29, 0.717) is 16.9 Å². The van der Waals surface area contributed by atoms with Gasteiger partial charge in [0.05, 0.1) is 11.8 Å². The molecular weight excluding hydrogens is 246 g/mol. The summed E-state index contributed by atoms with van der Waals surface area (Å²) in [5, 5.41) is 3.96. The van der Waals surface area contributed by atoms with Gasteiger partial charge >= 0.3 is 0 Å². The Kier molecular flexibility index (Phi) is 3.69. The van der Waals surface area contributed by atoms with E-state index in [1.165, 1.54) is 0 Å². The molecule has 1 rings (SSSR count). The van der Waals surface area contributed by atoms with Gasteiger partial charge in [-0.2, -0.15) is 5.10 Å². The lowest BCUT2D eigenvalue weighted by atomic mass is 10.3. The molecule has 0 aromatic carbocycles. The molecule has 14 heavy (non-hydrogen) atoms. The second-order valence-corrected chi connectivity index (χ2v) is 4.93. The highest BCUT2D eigenvalue weighted by molar-refractivity contribution is 9.09. The molecule has 1 amide bonds. The Hall–Kier alpha value is -0.840. The van der Waals surface area contributed by atoms with Crippen LogP contribution in [0.5, 0.6) is 0 Å². The molecule has 0 aliphatic rings. The maximum absolute atomic E-state index is 11.7. The summed E-state index contributed by atoms with van der Waals surface area (Å²) in [6.45, 7) is 2.70. The third-order valence-electron chi connectivity index (χ3n) is 1.82.